The molecule has 0 aliphatic heterocycles. The molecule has 0 bridgehead atoms. The van der Waals surface area contributed by atoms with Crippen LogP contribution in [0.5, 0.6) is 0 Å². The van der Waals surface area contributed by atoms with Crippen molar-refractivity contribution >= 4 is 28.8 Å². The Balaban J connectivity index is 0. The lowest BCUT2D eigenvalue weighted by Crippen LogP contribution is -2.12. The fraction of sp³-hybridized carbons (Fsp3) is 0.250. The van der Waals surface area contributed by atoms with Crippen LogP contribution in [0.2, 0.25) is 0 Å². The first-order chi connectivity index (χ1) is 7.59. The number of esters is 2. The fourth-order valence-corrected chi connectivity index (χ4v) is 0.258. The van der Waals surface area contributed by atoms with E-state index in [1.54, 1.807) is 6.92 Å². The van der Waals surface area contributed by atoms with Crippen LogP contribution in [-0.4, -0.2) is 17.2 Å². The Hall–Kier alpha value is -1.68. The summed E-state index contributed by atoms with van der Waals surface area (Å²) in [5.74, 6) is -1.42. The van der Waals surface area contributed by atoms with Crippen molar-refractivity contribution in [2.24, 2.45) is 0 Å². The molecule has 0 saturated carbocycles. The number of halogens is 1. The third-order valence-corrected chi connectivity index (χ3v) is 1.54. The van der Waals surface area contributed by atoms with Gasteiger partial charge in [0, 0.05) is 16.7 Å². The first kappa shape index (κ1) is 17.7. The summed E-state index contributed by atoms with van der Waals surface area (Å²) in [6.07, 6.45) is 0. The van der Waals surface area contributed by atoms with Crippen LogP contribution in [0.3, 0.4) is 0 Å². The standard InChI is InChI=1S/C8H10O3.C4H5ClO/c1-5(2)7(9)11-8(10)6(3)4;1-3(2)4(5)6/h1,3H2,2,4H3;1H2,2H3. The summed E-state index contributed by atoms with van der Waals surface area (Å²) >= 11 is 4.87. The average Bonchev–Trinajstić information content (AvgIpc) is 2.17. The minimum atomic E-state index is -0.710. The summed E-state index contributed by atoms with van der Waals surface area (Å²) in [5, 5.41) is -0.463. The Bertz CT molecular complexity index is 344. The van der Waals surface area contributed by atoms with Gasteiger partial charge in [0.25, 0.3) is 0 Å². The topological polar surface area (TPSA) is 60.4 Å². The van der Waals surface area contributed by atoms with Gasteiger partial charge in [0.05, 0.1) is 0 Å². The summed E-state index contributed by atoms with van der Waals surface area (Å²) in [6, 6.07) is 0. The number of hydrogen-bond acceptors (Lipinski definition) is 4. The van der Waals surface area contributed by atoms with E-state index < -0.39 is 17.2 Å². The Kier molecular flexibility index (Phi) is 8.82. The van der Waals surface area contributed by atoms with E-state index in [0.717, 1.165) is 0 Å². The van der Waals surface area contributed by atoms with Crippen molar-refractivity contribution in [2.75, 3.05) is 0 Å². The maximum Gasteiger partial charge on any atom is 0.340 e. The molecule has 0 aromatic heterocycles. The van der Waals surface area contributed by atoms with Crippen molar-refractivity contribution in [3.63, 3.8) is 0 Å². The molecule has 17 heavy (non-hydrogen) atoms. The third kappa shape index (κ3) is 10.6. The minimum Gasteiger partial charge on any atom is -0.386 e. The highest BCUT2D eigenvalue weighted by molar-refractivity contribution is 6.67. The van der Waals surface area contributed by atoms with Crippen molar-refractivity contribution in [1.82, 2.24) is 0 Å². The van der Waals surface area contributed by atoms with Gasteiger partial charge in [-0.1, -0.05) is 19.7 Å². The first-order valence-corrected chi connectivity index (χ1v) is 4.90. The number of carbonyl (C=O) groups excluding carboxylic acids is 3. The fourth-order valence-electron chi connectivity index (χ4n) is 0.258. The Morgan fingerprint density at radius 1 is 0.824 bits per heavy atom. The van der Waals surface area contributed by atoms with E-state index in [1.807, 2.05) is 0 Å². The van der Waals surface area contributed by atoms with Gasteiger partial charge in [0.1, 0.15) is 0 Å². The Morgan fingerprint density at radius 2 is 1.06 bits per heavy atom. The van der Waals surface area contributed by atoms with E-state index in [4.69, 9.17) is 11.6 Å². The molecule has 0 aromatic carbocycles. The summed E-state index contributed by atoms with van der Waals surface area (Å²) < 4.78 is 4.30. The first-order valence-electron chi connectivity index (χ1n) is 4.52. The molecule has 0 spiro atoms. The number of rotatable bonds is 3. The summed E-state index contributed by atoms with van der Waals surface area (Å²) in [6.45, 7) is 14.4. The second-order valence-electron chi connectivity index (χ2n) is 3.29. The predicted molar refractivity (Wildman–Crippen MR) is 66.4 cm³/mol. The van der Waals surface area contributed by atoms with Gasteiger partial charge in [0.15, 0.2) is 0 Å². The maximum atomic E-state index is 10.7. The van der Waals surface area contributed by atoms with E-state index in [-0.39, 0.29) is 11.1 Å². The van der Waals surface area contributed by atoms with Crippen LogP contribution in [0.1, 0.15) is 20.8 Å². The van der Waals surface area contributed by atoms with Gasteiger partial charge in [0.2, 0.25) is 5.24 Å². The molecule has 0 heterocycles. The van der Waals surface area contributed by atoms with E-state index in [0.29, 0.717) is 5.57 Å². The van der Waals surface area contributed by atoms with E-state index in [2.05, 4.69) is 24.5 Å². The van der Waals surface area contributed by atoms with Gasteiger partial charge in [-0.25, -0.2) is 9.59 Å². The molecule has 0 rings (SSSR count). The minimum absolute atomic E-state index is 0.194. The third-order valence-electron chi connectivity index (χ3n) is 1.22. The lowest BCUT2D eigenvalue weighted by atomic mass is 10.3. The second kappa shape index (κ2) is 8.47. The largest absolute Gasteiger partial charge is 0.386 e. The van der Waals surface area contributed by atoms with Crippen LogP contribution in [0.4, 0.5) is 0 Å². The highest BCUT2D eigenvalue weighted by Crippen LogP contribution is 1.97. The van der Waals surface area contributed by atoms with Gasteiger partial charge < -0.3 is 4.74 Å². The molecule has 0 atom stereocenters. The van der Waals surface area contributed by atoms with Crippen molar-refractivity contribution < 1.29 is 19.1 Å². The SMILES string of the molecule is C=C(C)C(=O)Cl.C=C(C)C(=O)OC(=O)C(=C)C. The lowest BCUT2D eigenvalue weighted by Gasteiger charge is -1.99. The molecule has 0 amide bonds. The zero-order valence-corrected chi connectivity index (χ0v) is 10.9. The highest BCUT2D eigenvalue weighted by atomic mass is 35.5. The van der Waals surface area contributed by atoms with Crippen LogP contribution in [0, 0.1) is 0 Å². The quantitative estimate of drug-likeness (QED) is 0.338. The molecule has 0 saturated heterocycles. The molecular weight excluding hydrogens is 244 g/mol. The van der Waals surface area contributed by atoms with Crippen LogP contribution in [-0.2, 0) is 19.1 Å². The van der Waals surface area contributed by atoms with Gasteiger partial charge >= 0.3 is 11.9 Å². The molecule has 0 N–H and O–H groups in total. The molecule has 0 aliphatic rings. The number of ether oxygens (including phenoxy) is 1. The van der Waals surface area contributed by atoms with Crippen LogP contribution in [0.25, 0.3) is 0 Å². The smallest absolute Gasteiger partial charge is 0.340 e. The highest BCUT2D eigenvalue weighted by Gasteiger charge is 2.10. The monoisotopic (exact) mass is 258 g/mol. The molecule has 0 radical (unpaired) electrons. The number of allylic oxidation sites excluding steroid dienone is 1. The van der Waals surface area contributed by atoms with Crippen molar-refractivity contribution in [3.8, 4) is 0 Å². The van der Waals surface area contributed by atoms with Crippen LogP contribution < -0.4 is 0 Å². The van der Waals surface area contributed by atoms with Crippen molar-refractivity contribution in [2.45, 2.75) is 20.8 Å². The zero-order valence-electron chi connectivity index (χ0n) is 10.1. The molecule has 94 valence electrons. The van der Waals surface area contributed by atoms with E-state index in [9.17, 15) is 14.4 Å². The molecule has 0 unspecified atom stereocenters. The second-order valence-corrected chi connectivity index (χ2v) is 3.63. The zero-order chi connectivity index (χ0) is 14.2. The van der Waals surface area contributed by atoms with Crippen molar-refractivity contribution in [3.05, 3.63) is 36.5 Å². The van der Waals surface area contributed by atoms with Gasteiger partial charge in [-0.3, -0.25) is 4.79 Å². The molecule has 5 heteroatoms. The average molecular weight is 259 g/mol. The number of hydrogen-bond donors (Lipinski definition) is 0. The summed E-state index contributed by atoms with van der Waals surface area (Å²) in [4.78, 5) is 31.2. The van der Waals surface area contributed by atoms with Crippen LogP contribution >= 0.6 is 11.6 Å². The molecular formula is C12H15ClO4. The number of carbonyl (C=O) groups is 3. The van der Waals surface area contributed by atoms with Crippen LogP contribution in [0.15, 0.2) is 36.5 Å². The summed E-state index contributed by atoms with van der Waals surface area (Å²) in [7, 11) is 0. The van der Waals surface area contributed by atoms with Gasteiger partial charge in [-0.05, 0) is 32.4 Å². The molecule has 0 fully saturated rings. The maximum absolute atomic E-state index is 10.7. The lowest BCUT2D eigenvalue weighted by molar-refractivity contribution is -0.153. The molecule has 0 aliphatic carbocycles. The van der Waals surface area contributed by atoms with Gasteiger partial charge in [-0.15, -0.1) is 0 Å². The van der Waals surface area contributed by atoms with E-state index >= 15 is 0 Å². The Morgan fingerprint density at radius 3 is 1.18 bits per heavy atom. The summed E-state index contributed by atoms with van der Waals surface area (Å²) in [5.41, 5.74) is 0.774. The van der Waals surface area contributed by atoms with E-state index in [1.165, 1.54) is 13.8 Å². The van der Waals surface area contributed by atoms with Crippen molar-refractivity contribution in [1.29, 1.82) is 0 Å². The molecule has 0 aromatic rings. The normalized spacial score (nSPS) is 8.24. The Labute approximate surface area is 106 Å². The van der Waals surface area contributed by atoms with Gasteiger partial charge in [-0.2, -0.15) is 0 Å². The predicted octanol–water partition coefficient (Wildman–Crippen LogP) is 2.54. The molecule has 4 nitrogen and oxygen atoms in total.